The molecule has 0 aliphatic heterocycles. The molecule has 0 heterocycles. The van der Waals surface area contributed by atoms with Crippen molar-refractivity contribution in [3.63, 3.8) is 0 Å². The zero-order chi connectivity index (χ0) is 18.7. The van der Waals surface area contributed by atoms with Gasteiger partial charge in [0.2, 0.25) is 0 Å². The van der Waals surface area contributed by atoms with E-state index < -0.39 is 16.6 Å². The molecular weight excluding hydrogens is 384 g/mol. The van der Waals surface area contributed by atoms with Crippen LogP contribution in [0.15, 0.2) is 39.8 Å². The van der Waals surface area contributed by atoms with Crippen molar-refractivity contribution in [2.45, 2.75) is 77.0 Å². The van der Waals surface area contributed by atoms with Crippen LogP contribution >= 0.6 is 0 Å². The zero-order valence-electron chi connectivity index (χ0n) is 17.9. The van der Waals surface area contributed by atoms with Crippen LogP contribution in [-0.2, 0) is 16.6 Å². The number of rotatable bonds is 4. The van der Waals surface area contributed by atoms with Gasteiger partial charge < -0.3 is 0 Å². The van der Waals surface area contributed by atoms with Gasteiger partial charge in [-0.1, -0.05) is 0 Å². The van der Waals surface area contributed by atoms with Crippen molar-refractivity contribution in [1.82, 2.24) is 0 Å². The number of hydrogen-bond acceptors (Lipinski definition) is 0. The number of hydrogen-bond donors (Lipinski definition) is 0. The second-order valence-corrected chi connectivity index (χ2v) is 18.3. The summed E-state index contributed by atoms with van der Waals surface area (Å²) in [6, 6.07) is 0. The van der Waals surface area contributed by atoms with Crippen LogP contribution in [0.1, 0.15) is 77.0 Å². The van der Waals surface area contributed by atoms with Gasteiger partial charge in [-0.2, -0.15) is 0 Å². The van der Waals surface area contributed by atoms with Gasteiger partial charge in [0.15, 0.2) is 0 Å². The summed E-state index contributed by atoms with van der Waals surface area (Å²) in [7, 11) is 0. The molecule has 8 aliphatic rings. The average molecular weight is 420 g/mol. The molecule has 8 bridgehead atoms. The first-order valence-corrected chi connectivity index (χ1v) is 16.3. The van der Waals surface area contributed by atoms with Gasteiger partial charge in [-0.3, -0.25) is 0 Å². The zero-order valence-corrected chi connectivity index (χ0v) is 19.5. The first kappa shape index (κ1) is 17.3. The molecule has 8 rings (SSSR count). The third kappa shape index (κ3) is 2.17. The number of allylic oxidation sites excluding steroid dienone is 8. The van der Waals surface area contributed by atoms with Crippen molar-refractivity contribution in [1.29, 1.82) is 0 Å². The van der Waals surface area contributed by atoms with E-state index in [0.717, 1.165) is 47.3 Å². The first-order valence-electron chi connectivity index (χ1n) is 13.2. The second-order valence-electron chi connectivity index (χ2n) is 12.3. The van der Waals surface area contributed by atoms with Crippen LogP contribution in [0.5, 0.6) is 0 Å². The van der Waals surface area contributed by atoms with E-state index in [0.29, 0.717) is 0 Å². The van der Waals surface area contributed by atoms with Crippen molar-refractivity contribution in [3.8, 4) is 0 Å². The van der Waals surface area contributed by atoms with Gasteiger partial charge in [-0.05, 0) is 0 Å². The third-order valence-electron chi connectivity index (χ3n) is 11.0. The van der Waals surface area contributed by atoms with Crippen molar-refractivity contribution in [3.05, 3.63) is 39.8 Å². The fraction of sp³-hybridized carbons (Fsp3) is 0.714. The van der Waals surface area contributed by atoms with Crippen LogP contribution in [-0.4, -0.2) is 0 Å². The molecular formula is C28H36Ti. The molecule has 0 aromatic heterocycles. The molecule has 0 spiro atoms. The maximum atomic E-state index is 2.95. The molecule has 29 heavy (non-hydrogen) atoms. The Bertz CT molecular complexity index is 750. The summed E-state index contributed by atoms with van der Waals surface area (Å²) in [5.74, 6) is 7.77. The summed E-state index contributed by atoms with van der Waals surface area (Å²) in [6.07, 6.45) is 30.1. The van der Waals surface area contributed by atoms with Crippen LogP contribution < -0.4 is 0 Å². The van der Waals surface area contributed by atoms with E-state index in [2.05, 4.69) is 39.8 Å². The molecule has 0 saturated heterocycles. The van der Waals surface area contributed by atoms with E-state index in [1.807, 2.05) is 0 Å². The molecule has 152 valence electrons. The van der Waals surface area contributed by atoms with E-state index in [1.165, 1.54) is 77.0 Å². The van der Waals surface area contributed by atoms with E-state index in [4.69, 9.17) is 0 Å². The predicted octanol–water partition coefficient (Wildman–Crippen LogP) is 7.40. The molecule has 0 radical (unpaired) electrons. The summed E-state index contributed by atoms with van der Waals surface area (Å²) < 4.78 is 8.55. The summed E-state index contributed by atoms with van der Waals surface area (Å²) in [5, 5.41) is 0. The topological polar surface area (TPSA) is 0 Å². The Morgan fingerprint density at radius 3 is 0.862 bits per heavy atom. The third-order valence-corrected chi connectivity index (χ3v) is 20.0. The van der Waals surface area contributed by atoms with Gasteiger partial charge in [-0.25, -0.2) is 0 Å². The Labute approximate surface area is 180 Å². The maximum absolute atomic E-state index is 2.95. The van der Waals surface area contributed by atoms with Crippen LogP contribution in [0.3, 0.4) is 0 Å². The van der Waals surface area contributed by atoms with Crippen molar-refractivity contribution >= 4 is 0 Å². The normalized spacial score (nSPS) is 50.2. The fourth-order valence-corrected chi connectivity index (χ4v) is 21.7. The Kier molecular flexibility index (Phi) is 3.52. The van der Waals surface area contributed by atoms with Crippen LogP contribution in [0.4, 0.5) is 0 Å². The first-order chi connectivity index (χ1) is 14.3. The molecule has 1 heteroatoms. The molecule has 0 amide bonds. The Morgan fingerprint density at radius 2 is 0.690 bits per heavy atom. The second kappa shape index (κ2) is 5.92. The summed E-state index contributed by atoms with van der Waals surface area (Å²) in [4.78, 5) is 0. The van der Waals surface area contributed by atoms with Crippen LogP contribution in [0.2, 0.25) is 0 Å². The Balaban J connectivity index is 1.40. The van der Waals surface area contributed by atoms with E-state index in [1.54, 1.807) is 0 Å². The molecule has 0 N–H and O–H groups in total. The SMILES string of the molecule is C1=[C]([Ti]([C]2=CC3CCC2C3)([C]2=CC3CCC2C3)[C]2=CC3CCC2C3)C2CCC1C2. The van der Waals surface area contributed by atoms with Crippen LogP contribution in [0, 0.1) is 47.3 Å². The molecule has 8 aliphatic carbocycles. The Hall–Kier alpha value is -0.326. The van der Waals surface area contributed by atoms with Gasteiger partial charge in [0.05, 0.1) is 0 Å². The van der Waals surface area contributed by atoms with Gasteiger partial charge in [0.25, 0.3) is 0 Å². The molecule has 4 saturated carbocycles. The standard InChI is InChI=1S/4C7H9.Ti/c4*1-2-7-4-3-6(1)5-7;/h4*1,6-7H,3-5H2;. The van der Waals surface area contributed by atoms with Crippen molar-refractivity contribution < 1.29 is 16.6 Å². The van der Waals surface area contributed by atoms with Gasteiger partial charge >= 0.3 is 181 Å². The van der Waals surface area contributed by atoms with E-state index in [9.17, 15) is 0 Å². The summed E-state index contributed by atoms with van der Waals surface area (Å²) >= 11 is -2.57. The Morgan fingerprint density at radius 1 is 0.414 bits per heavy atom. The minimum atomic E-state index is -2.57. The van der Waals surface area contributed by atoms with E-state index >= 15 is 0 Å². The fourth-order valence-electron chi connectivity index (χ4n) is 10.1. The molecule has 8 unspecified atom stereocenters. The van der Waals surface area contributed by atoms with Crippen LogP contribution in [0.25, 0.3) is 0 Å². The van der Waals surface area contributed by atoms with Gasteiger partial charge in [0, 0.05) is 0 Å². The molecule has 0 aromatic rings. The van der Waals surface area contributed by atoms with E-state index in [-0.39, 0.29) is 0 Å². The van der Waals surface area contributed by atoms with Gasteiger partial charge in [0.1, 0.15) is 0 Å². The summed E-state index contributed by atoms with van der Waals surface area (Å²) in [6.45, 7) is 0. The molecule has 0 nitrogen and oxygen atoms in total. The average Bonchev–Trinajstić information content (AvgIpc) is 3.58. The van der Waals surface area contributed by atoms with Crippen molar-refractivity contribution in [2.75, 3.05) is 0 Å². The molecule has 8 atom stereocenters. The quantitative estimate of drug-likeness (QED) is 0.416. The number of fused-ring (bicyclic) bond motifs is 8. The molecule has 0 aromatic carbocycles. The molecule has 4 fully saturated rings. The van der Waals surface area contributed by atoms with Gasteiger partial charge in [-0.15, -0.1) is 0 Å². The van der Waals surface area contributed by atoms with Crippen molar-refractivity contribution in [2.24, 2.45) is 47.3 Å². The predicted molar refractivity (Wildman–Crippen MR) is 116 cm³/mol. The summed E-state index contributed by atoms with van der Waals surface area (Å²) in [5.41, 5.74) is 0. The monoisotopic (exact) mass is 420 g/mol. The minimum absolute atomic E-state index is 0.956.